The molecule has 82 valence electrons. The van der Waals surface area contributed by atoms with E-state index < -0.39 is 5.60 Å². The Hall–Kier alpha value is -0.860. The predicted molar refractivity (Wildman–Crippen MR) is 61.8 cm³/mol. The highest BCUT2D eigenvalue weighted by Gasteiger charge is 2.33. The maximum atomic E-state index is 10.6. The zero-order valence-electron chi connectivity index (χ0n) is 9.53. The average molecular weight is 205 g/mol. The van der Waals surface area contributed by atoms with Gasteiger partial charge in [-0.15, -0.1) is 0 Å². The summed E-state index contributed by atoms with van der Waals surface area (Å²) >= 11 is 0. The Morgan fingerprint density at radius 3 is 2.87 bits per heavy atom. The van der Waals surface area contributed by atoms with Gasteiger partial charge in [0, 0.05) is 6.54 Å². The van der Waals surface area contributed by atoms with E-state index >= 15 is 0 Å². The van der Waals surface area contributed by atoms with Crippen LogP contribution in [0.1, 0.15) is 24.0 Å². The number of rotatable bonds is 1. The van der Waals surface area contributed by atoms with Gasteiger partial charge in [0.15, 0.2) is 0 Å². The van der Waals surface area contributed by atoms with Gasteiger partial charge < -0.3 is 10.0 Å². The van der Waals surface area contributed by atoms with E-state index in [2.05, 4.69) is 31.0 Å². The highest BCUT2D eigenvalue weighted by atomic mass is 16.3. The van der Waals surface area contributed by atoms with Crippen molar-refractivity contribution in [2.24, 2.45) is 0 Å². The van der Waals surface area contributed by atoms with Crippen LogP contribution in [0.15, 0.2) is 24.3 Å². The number of hydrogen-bond donors (Lipinski definition) is 1. The first kappa shape index (κ1) is 10.7. The fourth-order valence-corrected chi connectivity index (χ4v) is 2.42. The molecule has 1 N–H and O–H groups in total. The average Bonchev–Trinajstić information content (AvgIpc) is 2.17. The monoisotopic (exact) mass is 205 g/mol. The molecular weight excluding hydrogens is 186 g/mol. The molecule has 15 heavy (non-hydrogen) atoms. The number of likely N-dealkylation sites (N-methyl/N-ethyl adjacent to an activating group) is 1. The van der Waals surface area contributed by atoms with Crippen molar-refractivity contribution in [3.8, 4) is 0 Å². The van der Waals surface area contributed by atoms with E-state index in [4.69, 9.17) is 0 Å². The summed E-state index contributed by atoms with van der Waals surface area (Å²) in [6.45, 7) is 3.91. The van der Waals surface area contributed by atoms with Crippen LogP contribution >= 0.6 is 0 Å². The minimum atomic E-state index is -0.640. The molecular formula is C13H19NO. The molecule has 0 aromatic heterocycles. The molecule has 1 saturated heterocycles. The summed E-state index contributed by atoms with van der Waals surface area (Å²) in [5, 5.41) is 10.6. The number of hydrogen-bond acceptors (Lipinski definition) is 2. The lowest BCUT2D eigenvalue weighted by molar-refractivity contribution is -0.0278. The molecule has 1 heterocycles. The lowest BCUT2D eigenvalue weighted by Gasteiger charge is -2.37. The Labute approximate surface area is 91.5 Å². The Bertz CT molecular complexity index is 350. The Kier molecular flexibility index (Phi) is 2.81. The maximum absolute atomic E-state index is 10.6. The van der Waals surface area contributed by atoms with Crippen molar-refractivity contribution in [1.29, 1.82) is 0 Å². The van der Waals surface area contributed by atoms with E-state index in [1.807, 2.05) is 12.1 Å². The van der Waals surface area contributed by atoms with Crippen LogP contribution in [0.5, 0.6) is 0 Å². The van der Waals surface area contributed by atoms with Crippen molar-refractivity contribution >= 4 is 0 Å². The Morgan fingerprint density at radius 2 is 2.20 bits per heavy atom. The number of β-amino-alcohol motifs (C(OH)–C–C–N with tert-alkyl or cyclic N) is 1. The molecule has 2 heteroatoms. The summed E-state index contributed by atoms with van der Waals surface area (Å²) in [5.41, 5.74) is 1.64. The Morgan fingerprint density at radius 1 is 1.40 bits per heavy atom. The molecule has 0 radical (unpaired) electrons. The molecule has 2 nitrogen and oxygen atoms in total. The second kappa shape index (κ2) is 3.95. The van der Waals surface area contributed by atoms with E-state index in [9.17, 15) is 5.11 Å². The molecule has 0 aliphatic carbocycles. The van der Waals surface area contributed by atoms with Crippen LogP contribution in [0.3, 0.4) is 0 Å². The lowest BCUT2D eigenvalue weighted by atomic mass is 9.85. The number of aryl methyl sites for hydroxylation is 1. The largest absolute Gasteiger partial charge is 0.384 e. The minimum Gasteiger partial charge on any atom is -0.384 e. The molecule has 0 bridgehead atoms. The van der Waals surface area contributed by atoms with Gasteiger partial charge in [-0.1, -0.05) is 29.8 Å². The van der Waals surface area contributed by atoms with Crippen LogP contribution in [-0.4, -0.2) is 30.1 Å². The van der Waals surface area contributed by atoms with Crippen molar-refractivity contribution in [3.05, 3.63) is 35.4 Å². The molecule has 1 fully saturated rings. The first-order chi connectivity index (χ1) is 7.10. The molecule has 0 saturated carbocycles. The number of likely N-dealkylation sites (tertiary alicyclic amines) is 1. The van der Waals surface area contributed by atoms with Gasteiger partial charge in [-0.2, -0.15) is 0 Å². The van der Waals surface area contributed by atoms with Crippen molar-refractivity contribution in [2.45, 2.75) is 25.4 Å². The van der Waals surface area contributed by atoms with Crippen LogP contribution in [0, 0.1) is 6.92 Å². The van der Waals surface area contributed by atoms with Gasteiger partial charge in [0.1, 0.15) is 5.60 Å². The third-order valence-corrected chi connectivity index (χ3v) is 3.22. The van der Waals surface area contributed by atoms with Crippen LogP contribution < -0.4 is 0 Å². The molecule has 1 unspecified atom stereocenters. The van der Waals surface area contributed by atoms with E-state index in [0.29, 0.717) is 0 Å². The van der Waals surface area contributed by atoms with Crippen LogP contribution in [0.4, 0.5) is 0 Å². The molecule has 0 spiro atoms. The van der Waals surface area contributed by atoms with Gasteiger partial charge >= 0.3 is 0 Å². The highest BCUT2D eigenvalue weighted by Crippen LogP contribution is 2.31. The molecule has 1 atom stereocenters. The Balaban J connectivity index is 2.28. The summed E-state index contributed by atoms with van der Waals surface area (Å²) in [6, 6.07) is 8.22. The van der Waals surface area contributed by atoms with Crippen molar-refractivity contribution < 1.29 is 5.11 Å². The zero-order valence-corrected chi connectivity index (χ0v) is 9.53. The fraction of sp³-hybridized carbons (Fsp3) is 0.538. The van der Waals surface area contributed by atoms with Gasteiger partial charge in [0.2, 0.25) is 0 Å². The normalized spacial score (nSPS) is 27.9. The van der Waals surface area contributed by atoms with Gasteiger partial charge in [0.05, 0.1) is 0 Å². The molecule has 1 aromatic rings. The summed E-state index contributed by atoms with van der Waals surface area (Å²) < 4.78 is 0. The van der Waals surface area contributed by atoms with Crippen LogP contribution in [0.25, 0.3) is 0 Å². The molecule has 2 rings (SSSR count). The SMILES string of the molecule is Cc1cccc(C2(O)CCCN(C)C2)c1. The first-order valence-corrected chi connectivity index (χ1v) is 5.58. The van der Waals surface area contributed by atoms with E-state index in [0.717, 1.165) is 31.5 Å². The first-order valence-electron chi connectivity index (χ1n) is 5.58. The highest BCUT2D eigenvalue weighted by molar-refractivity contribution is 5.28. The van der Waals surface area contributed by atoms with Crippen molar-refractivity contribution in [2.75, 3.05) is 20.1 Å². The molecule has 0 amide bonds. The summed E-state index contributed by atoms with van der Waals surface area (Å²) in [6.07, 6.45) is 1.95. The van der Waals surface area contributed by atoms with E-state index in [-0.39, 0.29) is 0 Å². The third-order valence-electron chi connectivity index (χ3n) is 3.22. The second-order valence-corrected chi connectivity index (χ2v) is 4.74. The summed E-state index contributed by atoms with van der Waals surface area (Å²) in [4.78, 5) is 2.20. The number of nitrogens with zero attached hydrogens (tertiary/aromatic N) is 1. The summed E-state index contributed by atoms with van der Waals surface area (Å²) in [7, 11) is 2.07. The summed E-state index contributed by atoms with van der Waals surface area (Å²) in [5.74, 6) is 0. The lowest BCUT2D eigenvalue weighted by Crippen LogP contribution is -2.44. The van der Waals surface area contributed by atoms with Gasteiger partial charge in [0.25, 0.3) is 0 Å². The topological polar surface area (TPSA) is 23.5 Å². The van der Waals surface area contributed by atoms with Crippen molar-refractivity contribution in [1.82, 2.24) is 4.90 Å². The zero-order chi connectivity index (χ0) is 10.9. The van der Waals surface area contributed by atoms with Gasteiger partial charge in [-0.05, 0) is 38.9 Å². The van der Waals surface area contributed by atoms with Crippen molar-refractivity contribution in [3.63, 3.8) is 0 Å². The number of piperidine rings is 1. The van der Waals surface area contributed by atoms with E-state index in [1.165, 1.54) is 5.56 Å². The van der Waals surface area contributed by atoms with Gasteiger partial charge in [-0.3, -0.25) is 0 Å². The quantitative estimate of drug-likeness (QED) is 0.757. The van der Waals surface area contributed by atoms with Crippen LogP contribution in [-0.2, 0) is 5.60 Å². The number of benzene rings is 1. The number of aliphatic hydroxyl groups is 1. The van der Waals surface area contributed by atoms with Gasteiger partial charge in [-0.25, -0.2) is 0 Å². The smallest absolute Gasteiger partial charge is 0.102 e. The maximum Gasteiger partial charge on any atom is 0.102 e. The third kappa shape index (κ3) is 2.21. The molecule has 1 aromatic carbocycles. The standard InChI is InChI=1S/C13H19NO/c1-11-5-3-6-12(9-11)13(15)7-4-8-14(2)10-13/h3,5-6,9,15H,4,7-8,10H2,1-2H3. The second-order valence-electron chi connectivity index (χ2n) is 4.74. The van der Waals surface area contributed by atoms with E-state index in [1.54, 1.807) is 0 Å². The minimum absolute atomic E-state index is 0.640. The molecule has 1 aliphatic heterocycles. The van der Waals surface area contributed by atoms with Crippen LogP contribution in [0.2, 0.25) is 0 Å². The predicted octanol–water partition coefficient (Wildman–Crippen LogP) is 1.91. The fourth-order valence-electron chi connectivity index (χ4n) is 2.42. The molecule has 1 aliphatic rings.